The Labute approximate surface area is 83.8 Å². The Morgan fingerprint density at radius 3 is 2.42 bits per heavy atom. The van der Waals surface area contributed by atoms with Gasteiger partial charge in [0.05, 0.1) is 5.60 Å². The lowest BCUT2D eigenvalue weighted by Crippen LogP contribution is -2.31. The summed E-state index contributed by atoms with van der Waals surface area (Å²) in [5, 5.41) is 0.957. The van der Waals surface area contributed by atoms with E-state index in [1.807, 2.05) is 13.8 Å². The molecule has 0 aliphatic rings. The van der Waals surface area contributed by atoms with Gasteiger partial charge in [0.15, 0.2) is 6.29 Å². The van der Waals surface area contributed by atoms with Crippen molar-refractivity contribution in [2.24, 2.45) is 0 Å². The molecule has 3 heteroatoms. The monoisotopic (exact) mass is 238 g/mol. The molecule has 0 spiro atoms. The molecule has 0 aromatic heterocycles. The Bertz CT molecular complexity index is 115. The summed E-state index contributed by atoms with van der Waals surface area (Å²) >= 11 is 3.39. The van der Waals surface area contributed by atoms with Crippen LogP contribution in [0.15, 0.2) is 0 Å². The van der Waals surface area contributed by atoms with Gasteiger partial charge in [0.2, 0.25) is 0 Å². The highest BCUT2D eigenvalue weighted by molar-refractivity contribution is 9.09. The summed E-state index contributed by atoms with van der Waals surface area (Å²) in [5.74, 6) is 0. The lowest BCUT2D eigenvalue weighted by atomic mass is 10.1. The largest absolute Gasteiger partial charge is 0.353 e. The normalized spacial score (nSPS) is 14.8. The second-order valence-corrected chi connectivity index (χ2v) is 4.13. The third-order valence-corrected chi connectivity index (χ3v) is 1.98. The Kier molecular flexibility index (Phi) is 6.14. The van der Waals surface area contributed by atoms with Gasteiger partial charge in [-0.05, 0) is 34.1 Å². The third-order valence-electron chi connectivity index (χ3n) is 1.58. The van der Waals surface area contributed by atoms with E-state index in [0.717, 1.165) is 11.8 Å². The first-order valence-corrected chi connectivity index (χ1v) is 5.49. The molecule has 12 heavy (non-hydrogen) atoms. The van der Waals surface area contributed by atoms with Gasteiger partial charge < -0.3 is 9.47 Å². The smallest absolute Gasteiger partial charge is 0.155 e. The van der Waals surface area contributed by atoms with Crippen LogP contribution in [-0.2, 0) is 9.47 Å². The average Bonchev–Trinajstić information content (AvgIpc) is 1.85. The molecule has 1 unspecified atom stereocenters. The second-order valence-electron chi connectivity index (χ2n) is 3.34. The van der Waals surface area contributed by atoms with Crippen molar-refractivity contribution in [1.82, 2.24) is 0 Å². The number of hydrogen-bond donors (Lipinski definition) is 0. The summed E-state index contributed by atoms with van der Waals surface area (Å²) in [7, 11) is 0. The molecule has 0 bridgehead atoms. The molecule has 0 fully saturated rings. The van der Waals surface area contributed by atoms with E-state index in [-0.39, 0.29) is 11.9 Å². The summed E-state index contributed by atoms with van der Waals surface area (Å²) in [6.07, 6.45) is 0.883. The van der Waals surface area contributed by atoms with Crippen LogP contribution in [-0.4, -0.2) is 23.8 Å². The Morgan fingerprint density at radius 1 is 1.42 bits per heavy atom. The molecule has 0 heterocycles. The first-order chi connectivity index (χ1) is 5.52. The number of hydrogen-bond acceptors (Lipinski definition) is 2. The number of rotatable bonds is 6. The summed E-state index contributed by atoms with van der Waals surface area (Å²) < 4.78 is 11.0. The zero-order valence-electron chi connectivity index (χ0n) is 8.39. The predicted octanol–water partition coefficient (Wildman–Crippen LogP) is 2.95. The molecule has 2 nitrogen and oxygen atoms in total. The summed E-state index contributed by atoms with van der Waals surface area (Å²) in [6.45, 7) is 8.75. The fraction of sp³-hybridized carbons (Fsp3) is 1.00. The maximum atomic E-state index is 5.67. The molecule has 0 rings (SSSR count). The Morgan fingerprint density at radius 2 is 2.00 bits per heavy atom. The van der Waals surface area contributed by atoms with Gasteiger partial charge in [-0.1, -0.05) is 15.9 Å². The highest BCUT2D eigenvalue weighted by Crippen LogP contribution is 2.18. The van der Waals surface area contributed by atoms with Gasteiger partial charge >= 0.3 is 0 Å². The lowest BCUT2D eigenvalue weighted by Gasteiger charge is -2.28. The topological polar surface area (TPSA) is 18.5 Å². The van der Waals surface area contributed by atoms with Crippen LogP contribution in [0, 0.1) is 0 Å². The zero-order valence-corrected chi connectivity index (χ0v) is 9.98. The van der Waals surface area contributed by atoms with E-state index < -0.39 is 0 Å². The summed E-state index contributed by atoms with van der Waals surface area (Å²) in [6, 6.07) is 0. The molecule has 0 amide bonds. The van der Waals surface area contributed by atoms with E-state index in [0.29, 0.717) is 6.61 Å². The minimum Gasteiger partial charge on any atom is -0.353 e. The van der Waals surface area contributed by atoms with Crippen LogP contribution in [0.4, 0.5) is 0 Å². The number of halogens is 1. The van der Waals surface area contributed by atoms with Crippen LogP contribution in [0.5, 0.6) is 0 Å². The minimum atomic E-state index is -0.107. The summed E-state index contributed by atoms with van der Waals surface area (Å²) in [5.41, 5.74) is -0.0991. The van der Waals surface area contributed by atoms with Crippen molar-refractivity contribution >= 4 is 15.9 Å². The van der Waals surface area contributed by atoms with Crippen LogP contribution in [0.25, 0.3) is 0 Å². The van der Waals surface area contributed by atoms with Crippen LogP contribution < -0.4 is 0 Å². The molecule has 0 radical (unpaired) electrons. The van der Waals surface area contributed by atoms with E-state index >= 15 is 0 Å². The zero-order chi connectivity index (χ0) is 9.61. The molecular weight excluding hydrogens is 220 g/mol. The van der Waals surface area contributed by atoms with Gasteiger partial charge in [-0.2, -0.15) is 0 Å². The first kappa shape index (κ1) is 12.4. The van der Waals surface area contributed by atoms with Crippen LogP contribution >= 0.6 is 15.9 Å². The predicted molar refractivity (Wildman–Crippen MR) is 54.7 cm³/mol. The Balaban J connectivity index is 3.70. The first-order valence-electron chi connectivity index (χ1n) is 4.37. The second kappa shape index (κ2) is 5.95. The minimum absolute atomic E-state index is 0.0991. The summed E-state index contributed by atoms with van der Waals surface area (Å²) in [4.78, 5) is 0. The van der Waals surface area contributed by atoms with Crippen molar-refractivity contribution in [3.05, 3.63) is 0 Å². The van der Waals surface area contributed by atoms with E-state index in [9.17, 15) is 0 Å². The fourth-order valence-corrected chi connectivity index (χ4v) is 1.96. The third kappa shape index (κ3) is 5.98. The molecule has 0 saturated carbocycles. The van der Waals surface area contributed by atoms with E-state index in [2.05, 4.69) is 29.8 Å². The lowest BCUT2D eigenvalue weighted by molar-refractivity contribution is -0.188. The van der Waals surface area contributed by atoms with Gasteiger partial charge in [-0.3, -0.25) is 0 Å². The molecule has 0 aliphatic carbocycles. The standard InChI is InChI=1S/C9H19BrO2/c1-5-11-8(2)12-9(3,4)6-7-10/h8H,5-7H2,1-4H3. The molecule has 0 aliphatic heterocycles. The molecule has 0 aromatic carbocycles. The van der Waals surface area contributed by atoms with Crippen LogP contribution in [0.2, 0.25) is 0 Å². The van der Waals surface area contributed by atoms with Crippen LogP contribution in [0.1, 0.15) is 34.1 Å². The van der Waals surface area contributed by atoms with Gasteiger partial charge in [0, 0.05) is 11.9 Å². The SMILES string of the molecule is CCOC(C)OC(C)(C)CCBr. The molecule has 0 N–H and O–H groups in total. The highest BCUT2D eigenvalue weighted by atomic mass is 79.9. The van der Waals surface area contributed by atoms with Crippen LogP contribution in [0.3, 0.4) is 0 Å². The van der Waals surface area contributed by atoms with Gasteiger partial charge in [-0.25, -0.2) is 0 Å². The van der Waals surface area contributed by atoms with E-state index in [4.69, 9.17) is 9.47 Å². The molecule has 1 atom stereocenters. The highest BCUT2D eigenvalue weighted by Gasteiger charge is 2.20. The number of ether oxygens (including phenoxy) is 2. The average molecular weight is 239 g/mol. The van der Waals surface area contributed by atoms with Crippen molar-refractivity contribution in [2.75, 3.05) is 11.9 Å². The van der Waals surface area contributed by atoms with Gasteiger partial charge in [0.1, 0.15) is 0 Å². The van der Waals surface area contributed by atoms with Gasteiger partial charge in [-0.15, -0.1) is 0 Å². The molecular formula is C9H19BrO2. The van der Waals surface area contributed by atoms with Crippen molar-refractivity contribution in [3.8, 4) is 0 Å². The van der Waals surface area contributed by atoms with Crippen molar-refractivity contribution < 1.29 is 9.47 Å². The van der Waals surface area contributed by atoms with Crippen molar-refractivity contribution in [1.29, 1.82) is 0 Å². The maximum Gasteiger partial charge on any atom is 0.155 e. The quantitative estimate of drug-likeness (QED) is 0.524. The molecule has 0 aromatic rings. The van der Waals surface area contributed by atoms with E-state index in [1.54, 1.807) is 0 Å². The fourth-order valence-electron chi connectivity index (χ4n) is 1.00. The Hall–Kier alpha value is 0.400. The number of alkyl halides is 1. The van der Waals surface area contributed by atoms with E-state index in [1.165, 1.54) is 0 Å². The van der Waals surface area contributed by atoms with Crippen molar-refractivity contribution in [3.63, 3.8) is 0 Å². The maximum absolute atomic E-state index is 5.67. The van der Waals surface area contributed by atoms with Crippen molar-refractivity contribution in [2.45, 2.75) is 46.0 Å². The molecule has 0 saturated heterocycles. The van der Waals surface area contributed by atoms with Gasteiger partial charge in [0.25, 0.3) is 0 Å². The molecule has 74 valence electrons.